The third-order valence-electron chi connectivity index (χ3n) is 5.45. The van der Waals surface area contributed by atoms with Crippen LogP contribution in [0.2, 0.25) is 0 Å². The van der Waals surface area contributed by atoms with Crippen molar-refractivity contribution in [2.24, 2.45) is 5.92 Å². The van der Waals surface area contributed by atoms with E-state index < -0.39 is 0 Å². The molecule has 2 amide bonds. The Morgan fingerprint density at radius 3 is 2.39 bits per heavy atom. The van der Waals surface area contributed by atoms with E-state index in [1.807, 2.05) is 56.3 Å². The summed E-state index contributed by atoms with van der Waals surface area (Å²) in [5.41, 5.74) is 1.73. The van der Waals surface area contributed by atoms with Crippen molar-refractivity contribution < 1.29 is 23.8 Å². The van der Waals surface area contributed by atoms with Gasteiger partial charge in [0.05, 0.1) is 26.7 Å². The van der Waals surface area contributed by atoms with Crippen LogP contribution in [0.5, 0.6) is 17.2 Å². The van der Waals surface area contributed by atoms with Crippen LogP contribution in [0.25, 0.3) is 0 Å². The number of hydrogen-bond donors (Lipinski definition) is 0. The van der Waals surface area contributed by atoms with Gasteiger partial charge in [-0.2, -0.15) is 0 Å². The highest BCUT2D eigenvalue weighted by Gasteiger charge is 2.37. The van der Waals surface area contributed by atoms with Gasteiger partial charge in [-0.25, -0.2) is 0 Å². The Hall–Kier alpha value is -3.22. The van der Waals surface area contributed by atoms with Crippen LogP contribution in [0.1, 0.15) is 25.8 Å². The normalized spacial score (nSPS) is 15.7. The molecule has 31 heavy (non-hydrogen) atoms. The number of ether oxygens (including phenoxy) is 3. The van der Waals surface area contributed by atoms with Gasteiger partial charge in [0.1, 0.15) is 5.75 Å². The zero-order chi connectivity index (χ0) is 22.4. The van der Waals surface area contributed by atoms with E-state index in [4.69, 9.17) is 14.2 Å². The molecule has 7 nitrogen and oxygen atoms in total. The Morgan fingerprint density at radius 1 is 1.06 bits per heavy atom. The minimum absolute atomic E-state index is 0.0147. The van der Waals surface area contributed by atoms with Crippen LogP contribution in [-0.2, 0) is 16.1 Å². The molecule has 1 unspecified atom stereocenters. The van der Waals surface area contributed by atoms with Gasteiger partial charge in [-0.05, 0) is 55.8 Å². The molecule has 1 atom stereocenters. The molecule has 1 aliphatic heterocycles. The number of nitrogens with zero attached hydrogens (tertiary/aromatic N) is 2. The van der Waals surface area contributed by atoms with Gasteiger partial charge in [-0.3, -0.25) is 9.59 Å². The van der Waals surface area contributed by atoms with Gasteiger partial charge in [0, 0.05) is 31.7 Å². The summed E-state index contributed by atoms with van der Waals surface area (Å²) in [7, 11) is 3.18. The Morgan fingerprint density at radius 2 is 1.77 bits per heavy atom. The summed E-state index contributed by atoms with van der Waals surface area (Å²) in [6.45, 7) is 5.85. The molecule has 166 valence electrons. The molecule has 0 spiro atoms. The topological polar surface area (TPSA) is 68.3 Å². The summed E-state index contributed by atoms with van der Waals surface area (Å²) in [4.78, 5) is 29.3. The van der Waals surface area contributed by atoms with Crippen LogP contribution in [0.15, 0.2) is 42.5 Å². The number of carbonyl (C=O) groups excluding carboxylic acids is 2. The zero-order valence-electron chi connectivity index (χ0n) is 18.6. The first kappa shape index (κ1) is 22.5. The molecule has 1 saturated heterocycles. The lowest BCUT2D eigenvalue weighted by Gasteiger charge is -2.25. The van der Waals surface area contributed by atoms with Gasteiger partial charge in [0.25, 0.3) is 0 Å². The third-order valence-corrected chi connectivity index (χ3v) is 5.45. The lowest BCUT2D eigenvalue weighted by atomic mass is 10.1. The van der Waals surface area contributed by atoms with Gasteiger partial charge in [-0.15, -0.1) is 0 Å². The zero-order valence-corrected chi connectivity index (χ0v) is 18.6. The summed E-state index contributed by atoms with van der Waals surface area (Å²) in [6.07, 6.45) is 0.217. The molecule has 1 heterocycles. The summed E-state index contributed by atoms with van der Waals surface area (Å²) in [6, 6.07) is 13.0. The number of anilines is 1. The summed E-state index contributed by atoms with van der Waals surface area (Å²) >= 11 is 0. The van der Waals surface area contributed by atoms with Gasteiger partial charge < -0.3 is 24.0 Å². The summed E-state index contributed by atoms with van der Waals surface area (Å²) < 4.78 is 16.1. The first-order chi connectivity index (χ1) is 15.0. The SMILES string of the molecule is CCOc1ccc(N2CC(C(=O)N(CC)Cc3ccc(OC)c(OC)c3)CC2=O)cc1. The van der Waals surface area contributed by atoms with Gasteiger partial charge in [0.15, 0.2) is 11.5 Å². The van der Waals surface area contributed by atoms with Crippen molar-refractivity contribution in [2.75, 3.05) is 38.8 Å². The van der Waals surface area contributed by atoms with E-state index in [0.717, 1.165) is 17.0 Å². The standard InChI is InChI=1S/C24H30N2O5/c1-5-25(15-17-7-12-21(29-3)22(13-17)30-4)24(28)18-14-23(27)26(16-18)19-8-10-20(11-9-19)31-6-2/h7-13,18H,5-6,14-16H2,1-4H3. The van der Waals surface area contributed by atoms with E-state index in [-0.39, 0.29) is 24.2 Å². The lowest BCUT2D eigenvalue weighted by molar-refractivity contribution is -0.136. The van der Waals surface area contributed by atoms with Crippen molar-refractivity contribution in [1.82, 2.24) is 4.90 Å². The largest absolute Gasteiger partial charge is 0.494 e. The smallest absolute Gasteiger partial charge is 0.228 e. The minimum atomic E-state index is -0.362. The average molecular weight is 427 g/mol. The van der Waals surface area contributed by atoms with Crippen LogP contribution >= 0.6 is 0 Å². The lowest BCUT2D eigenvalue weighted by Crippen LogP contribution is -2.37. The van der Waals surface area contributed by atoms with Crippen LogP contribution < -0.4 is 19.1 Å². The Bertz CT molecular complexity index is 913. The van der Waals surface area contributed by atoms with Crippen molar-refractivity contribution in [3.63, 3.8) is 0 Å². The minimum Gasteiger partial charge on any atom is -0.494 e. The quantitative estimate of drug-likeness (QED) is 0.614. The van der Waals surface area contributed by atoms with Crippen LogP contribution in [-0.4, -0.2) is 50.6 Å². The monoisotopic (exact) mass is 426 g/mol. The van der Waals surface area contributed by atoms with Gasteiger partial charge in [-0.1, -0.05) is 6.07 Å². The molecular formula is C24H30N2O5. The molecule has 0 aliphatic carbocycles. The van der Waals surface area contributed by atoms with E-state index in [0.29, 0.717) is 37.7 Å². The fourth-order valence-electron chi connectivity index (χ4n) is 3.81. The Labute approximate surface area is 183 Å². The molecule has 0 aromatic heterocycles. The number of rotatable bonds is 9. The van der Waals surface area contributed by atoms with Crippen LogP contribution in [0, 0.1) is 5.92 Å². The molecule has 2 aromatic carbocycles. The molecule has 7 heteroatoms. The molecule has 1 aliphatic rings. The maximum atomic E-state index is 13.2. The first-order valence-electron chi connectivity index (χ1n) is 10.5. The molecule has 1 fully saturated rings. The fourth-order valence-corrected chi connectivity index (χ4v) is 3.81. The highest BCUT2D eigenvalue weighted by molar-refractivity contribution is 6.00. The number of hydrogen-bond acceptors (Lipinski definition) is 5. The maximum absolute atomic E-state index is 13.2. The number of benzene rings is 2. The van der Waals surface area contributed by atoms with Crippen molar-refractivity contribution >= 4 is 17.5 Å². The average Bonchev–Trinajstić information content (AvgIpc) is 3.19. The van der Waals surface area contributed by atoms with Crippen molar-refractivity contribution in [3.8, 4) is 17.2 Å². The highest BCUT2D eigenvalue weighted by atomic mass is 16.5. The molecule has 0 N–H and O–H groups in total. The molecule has 3 rings (SSSR count). The number of carbonyl (C=O) groups is 2. The Balaban J connectivity index is 1.69. The fraction of sp³-hybridized carbons (Fsp3) is 0.417. The second-order valence-electron chi connectivity index (χ2n) is 7.37. The molecule has 2 aromatic rings. The van der Waals surface area contributed by atoms with Crippen molar-refractivity contribution in [1.29, 1.82) is 0 Å². The molecule has 0 radical (unpaired) electrons. The predicted molar refractivity (Wildman–Crippen MR) is 119 cm³/mol. The summed E-state index contributed by atoms with van der Waals surface area (Å²) in [5, 5.41) is 0. The van der Waals surface area contributed by atoms with E-state index in [2.05, 4.69) is 0 Å². The molecule has 0 bridgehead atoms. The second kappa shape index (κ2) is 10.2. The third kappa shape index (κ3) is 5.10. The molecular weight excluding hydrogens is 396 g/mol. The highest BCUT2D eigenvalue weighted by Crippen LogP contribution is 2.30. The van der Waals surface area contributed by atoms with Crippen LogP contribution in [0.3, 0.4) is 0 Å². The maximum Gasteiger partial charge on any atom is 0.228 e. The van der Waals surface area contributed by atoms with Gasteiger partial charge in [0.2, 0.25) is 11.8 Å². The predicted octanol–water partition coefficient (Wildman–Crippen LogP) is 3.50. The van der Waals surface area contributed by atoms with E-state index in [1.54, 1.807) is 24.0 Å². The number of methoxy groups -OCH3 is 2. The first-order valence-corrected chi connectivity index (χ1v) is 10.5. The van der Waals surface area contributed by atoms with Crippen molar-refractivity contribution in [3.05, 3.63) is 48.0 Å². The van der Waals surface area contributed by atoms with E-state index >= 15 is 0 Å². The van der Waals surface area contributed by atoms with Crippen LogP contribution in [0.4, 0.5) is 5.69 Å². The van der Waals surface area contributed by atoms with E-state index in [9.17, 15) is 9.59 Å². The van der Waals surface area contributed by atoms with E-state index in [1.165, 1.54) is 0 Å². The summed E-state index contributed by atoms with van der Waals surface area (Å²) in [5.74, 6) is 1.62. The number of amides is 2. The Kier molecular flexibility index (Phi) is 7.39. The second-order valence-corrected chi connectivity index (χ2v) is 7.37. The van der Waals surface area contributed by atoms with Crippen molar-refractivity contribution in [2.45, 2.75) is 26.8 Å². The van der Waals surface area contributed by atoms with Gasteiger partial charge >= 0.3 is 0 Å². The molecule has 0 saturated carbocycles.